The van der Waals surface area contributed by atoms with Crippen LogP contribution in [-0.2, 0) is 12.2 Å². The van der Waals surface area contributed by atoms with Crippen LogP contribution in [0.2, 0.25) is 0 Å². The van der Waals surface area contributed by atoms with Gasteiger partial charge in [-0.25, -0.2) is 9.67 Å². The summed E-state index contributed by atoms with van der Waals surface area (Å²) >= 11 is 1.77. The zero-order chi connectivity index (χ0) is 16.9. The predicted molar refractivity (Wildman–Crippen MR) is 99.1 cm³/mol. The van der Waals surface area contributed by atoms with E-state index in [1.165, 1.54) is 25.9 Å². The molecule has 0 spiro atoms. The quantitative estimate of drug-likeness (QED) is 0.804. The van der Waals surface area contributed by atoms with E-state index in [4.69, 9.17) is 14.8 Å². The Morgan fingerprint density at radius 1 is 1.25 bits per heavy atom. The third kappa shape index (κ3) is 3.92. The van der Waals surface area contributed by atoms with Crippen molar-refractivity contribution in [1.29, 1.82) is 0 Å². The molecule has 2 aromatic rings. The summed E-state index contributed by atoms with van der Waals surface area (Å²) in [5, 5.41) is 4.82. The summed E-state index contributed by atoms with van der Waals surface area (Å²) in [5.74, 6) is 4.32. The van der Waals surface area contributed by atoms with Gasteiger partial charge in [-0.05, 0) is 57.3 Å². The third-order valence-corrected chi connectivity index (χ3v) is 5.16. The molecule has 0 aliphatic carbocycles. The van der Waals surface area contributed by atoms with E-state index in [1.54, 1.807) is 18.9 Å². The molecule has 0 saturated carbocycles. The minimum Gasteiger partial charge on any atom is -0.494 e. The van der Waals surface area contributed by atoms with Crippen molar-refractivity contribution in [1.82, 2.24) is 19.7 Å². The van der Waals surface area contributed by atoms with E-state index in [0.717, 1.165) is 35.3 Å². The van der Waals surface area contributed by atoms with Crippen LogP contribution < -0.4 is 4.74 Å². The van der Waals surface area contributed by atoms with Gasteiger partial charge in [-0.15, -0.1) is 0 Å². The van der Waals surface area contributed by atoms with E-state index < -0.39 is 0 Å². The fraction of sp³-hybridized carbons (Fsp3) is 0.556. The van der Waals surface area contributed by atoms with Crippen LogP contribution in [0.4, 0.5) is 0 Å². The van der Waals surface area contributed by atoms with E-state index in [2.05, 4.69) is 18.2 Å². The number of rotatable bonds is 6. The number of methoxy groups -OCH3 is 1. The third-order valence-electron chi connectivity index (χ3n) is 4.61. The Labute approximate surface area is 148 Å². The zero-order valence-corrected chi connectivity index (χ0v) is 15.6. The van der Waals surface area contributed by atoms with Gasteiger partial charge in [0, 0.05) is 6.42 Å². The van der Waals surface area contributed by atoms with Crippen LogP contribution in [0, 0.1) is 5.92 Å². The highest BCUT2D eigenvalue weighted by Gasteiger charge is 2.21. The first-order chi connectivity index (χ1) is 11.7. The van der Waals surface area contributed by atoms with Gasteiger partial charge >= 0.3 is 0 Å². The first-order valence-electron chi connectivity index (χ1n) is 8.47. The van der Waals surface area contributed by atoms with Crippen LogP contribution in [0.1, 0.15) is 24.5 Å². The Hall–Kier alpha value is -1.53. The standard InChI is InChI=1S/C18H26N4OS/c1-21-10-8-14(9-11-21)12-17-19-18(13-24-3)22(20-17)15-6-4-5-7-16(15)23-2/h4-7,14H,8-13H2,1-3H3. The van der Waals surface area contributed by atoms with Crippen molar-refractivity contribution in [3.63, 3.8) is 0 Å². The predicted octanol–water partition coefficient (Wildman–Crippen LogP) is 3.02. The average molecular weight is 347 g/mol. The van der Waals surface area contributed by atoms with Crippen molar-refractivity contribution in [3.05, 3.63) is 35.9 Å². The molecule has 1 aliphatic rings. The van der Waals surface area contributed by atoms with Gasteiger partial charge in [0.2, 0.25) is 0 Å². The first kappa shape index (κ1) is 17.3. The lowest BCUT2D eigenvalue weighted by Gasteiger charge is -2.28. The topological polar surface area (TPSA) is 43.2 Å². The number of hydrogen-bond donors (Lipinski definition) is 0. The lowest BCUT2D eigenvalue weighted by atomic mass is 9.94. The van der Waals surface area contributed by atoms with Crippen LogP contribution in [-0.4, -0.2) is 53.2 Å². The van der Waals surface area contributed by atoms with Crippen molar-refractivity contribution in [2.75, 3.05) is 33.5 Å². The summed E-state index contributed by atoms with van der Waals surface area (Å²) in [5.41, 5.74) is 0.964. The second kappa shape index (κ2) is 8.03. The van der Waals surface area contributed by atoms with Crippen LogP contribution in [0.25, 0.3) is 5.69 Å². The molecule has 0 radical (unpaired) electrons. The van der Waals surface area contributed by atoms with Crippen LogP contribution in [0.3, 0.4) is 0 Å². The molecule has 0 bridgehead atoms. The van der Waals surface area contributed by atoms with E-state index >= 15 is 0 Å². The molecule has 2 heterocycles. The first-order valence-corrected chi connectivity index (χ1v) is 9.86. The number of piperidine rings is 1. The molecule has 1 aromatic heterocycles. The van der Waals surface area contributed by atoms with Gasteiger partial charge in [0.15, 0.2) is 5.82 Å². The van der Waals surface area contributed by atoms with Gasteiger partial charge < -0.3 is 9.64 Å². The van der Waals surface area contributed by atoms with E-state index in [1.807, 2.05) is 28.9 Å². The Morgan fingerprint density at radius 2 is 2.00 bits per heavy atom. The summed E-state index contributed by atoms with van der Waals surface area (Å²) in [6.07, 6.45) is 5.53. The summed E-state index contributed by atoms with van der Waals surface area (Å²) in [4.78, 5) is 7.23. The number of thioether (sulfide) groups is 1. The minimum atomic E-state index is 0.692. The maximum absolute atomic E-state index is 5.50. The molecule has 1 aliphatic heterocycles. The van der Waals surface area contributed by atoms with Crippen molar-refractivity contribution in [3.8, 4) is 11.4 Å². The molecule has 1 fully saturated rings. The Morgan fingerprint density at radius 3 is 2.71 bits per heavy atom. The molecule has 0 unspecified atom stereocenters. The van der Waals surface area contributed by atoms with Crippen molar-refractivity contribution in [2.45, 2.75) is 25.0 Å². The highest BCUT2D eigenvalue weighted by atomic mass is 32.2. The van der Waals surface area contributed by atoms with Crippen molar-refractivity contribution >= 4 is 11.8 Å². The number of nitrogens with zero attached hydrogens (tertiary/aromatic N) is 4. The number of aromatic nitrogens is 3. The van der Waals surface area contributed by atoms with Crippen LogP contribution >= 0.6 is 11.8 Å². The number of hydrogen-bond acceptors (Lipinski definition) is 5. The molecule has 130 valence electrons. The van der Waals surface area contributed by atoms with E-state index in [0.29, 0.717) is 5.92 Å². The molecule has 3 rings (SSSR count). The van der Waals surface area contributed by atoms with Gasteiger partial charge in [0.05, 0.1) is 12.9 Å². The molecule has 24 heavy (non-hydrogen) atoms. The van der Waals surface area contributed by atoms with Gasteiger partial charge in [-0.1, -0.05) is 12.1 Å². The monoisotopic (exact) mass is 346 g/mol. The van der Waals surface area contributed by atoms with Crippen molar-refractivity contribution < 1.29 is 4.74 Å². The molecule has 0 N–H and O–H groups in total. The smallest absolute Gasteiger partial charge is 0.151 e. The summed E-state index contributed by atoms with van der Waals surface area (Å²) in [7, 11) is 3.89. The highest BCUT2D eigenvalue weighted by molar-refractivity contribution is 7.97. The Balaban J connectivity index is 1.85. The van der Waals surface area contributed by atoms with Crippen molar-refractivity contribution in [2.24, 2.45) is 5.92 Å². The number of ether oxygens (including phenoxy) is 1. The molecular weight excluding hydrogens is 320 g/mol. The minimum absolute atomic E-state index is 0.692. The maximum atomic E-state index is 5.50. The molecular formula is C18H26N4OS. The average Bonchev–Trinajstić information content (AvgIpc) is 2.99. The maximum Gasteiger partial charge on any atom is 0.151 e. The molecule has 0 amide bonds. The summed E-state index contributed by atoms with van der Waals surface area (Å²) in [6.45, 7) is 2.35. The number of para-hydroxylation sites is 2. The number of likely N-dealkylation sites (tertiary alicyclic amines) is 1. The van der Waals surface area contributed by atoms with Crippen LogP contribution in [0.15, 0.2) is 24.3 Å². The zero-order valence-electron chi connectivity index (χ0n) is 14.7. The lowest BCUT2D eigenvalue weighted by molar-refractivity contribution is 0.217. The summed E-state index contributed by atoms with van der Waals surface area (Å²) in [6, 6.07) is 8.00. The van der Waals surface area contributed by atoms with Crippen LogP contribution in [0.5, 0.6) is 5.75 Å². The Bertz CT molecular complexity index is 665. The SMILES string of the molecule is COc1ccccc1-n1nc(CC2CCN(C)CC2)nc1CSC. The number of benzene rings is 1. The molecule has 5 nitrogen and oxygen atoms in total. The summed E-state index contributed by atoms with van der Waals surface area (Å²) < 4.78 is 7.46. The normalized spacial score (nSPS) is 16.5. The lowest BCUT2D eigenvalue weighted by Crippen LogP contribution is -2.31. The molecule has 1 aromatic carbocycles. The fourth-order valence-electron chi connectivity index (χ4n) is 3.22. The van der Waals surface area contributed by atoms with E-state index in [9.17, 15) is 0 Å². The molecule has 0 atom stereocenters. The largest absolute Gasteiger partial charge is 0.494 e. The fourth-order valence-corrected chi connectivity index (χ4v) is 3.67. The van der Waals surface area contributed by atoms with Gasteiger partial charge in [0.1, 0.15) is 17.3 Å². The Kier molecular flexibility index (Phi) is 5.79. The van der Waals surface area contributed by atoms with Gasteiger partial charge in [0.25, 0.3) is 0 Å². The molecule has 6 heteroatoms. The second-order valence-electron chi connectivity index (χ2n) is 6.41. The molecule has 1 saturated heterocycles. The van der Waals surface area contributed by atoms with Gasteiger partial charge in [-0.3, -0.25) is 0 Å². The highest BCUT2D eigenvalue weighted by Crippen LogP contribution is 2.25. The van der Waals surface area contributed by atoms with E-state index in [-0.39, 0.29) is 0 Å². The second-order valence-corrected chi connectivity index (χ2v) is 7.28. The van der Waals surface area contributed by atoms with Gasteiger partial charge in [-0.2, -0.15) is 16.9 Å².